The molecule has 1 aliphatic carbocycles. The minimum atomic E-state index is 0.678. The fourth-order valence-electron chi connectivity index (χ4n) is 2.59. The molecule has 1 aromatic rings. The molecule has 3 nitrogen and oxygen atoms in total. The first kappa shape index (κ1) is 12.7. The SMILES string of the molecule is C[Si]C#Cc1cncc(N2CCN(C3CC3)CC2)c1. The number of nitrogens with zero attached hydrogens (tertiary/aromatic N) is 3. The minimum absolute atomic E-state index is 0.678. The lowest BCUT2D eigenvalue weighted by Crippen LogP contribution is -2.47. The topological polar surface area (TPSA) is 19.4 Å². The molecular formula is C15H19N3Si. The predicted molar refractivity (Wildman–Crippen MR) is 79.5 cm³/mol. The lowest BCUT2D eigenvalue weighted by atomic mass is 10.2. The van der Waals surface area contributed by atoms with Gasteiger partial charge in [0.15, 0.2) is 0 Å². The molecule has 0 atom stereocenters. The molecule has 0 unspecified atom stereocenters. The molecule has 0 bridgehead atoms. The Labute approximate surface area is 117 Å². The first-order valence-electron chi connectivity index (χ1n) is 6.98. The maximum absolute atomic E-state index is 4.32. The quantitative estimate of drug-likeness (QED) is 0.598. The Kier molecular flexibility index (Phi) is 3.86. The van der Waals surface area contributed by atoms with Crippen molar-refractivity contribution in [2.24, 2.45) is 0 Å². The highest BCUT2D eigenvalue weighted by molar-refractivity contribution is 6.44. The molecule has 2 aliphatic rings. The van der Waals surface area contributed by atoms with Crippen molar-refractivity contribution in [2.75, 3.05) is 31.1 Å². The van der Waals surface area contributed by atoms with Gasteiger partial charge in [0.05, 0.1) is 11.9 Å². The monoisotopic (exact) mass is 269 g/mol. The van der Waals surface area contributed by atoms with Crippen molar-refractivity contribution in [3.63, 3.8) is 0 Å². The molecule has 3 rings (SSSR count). The summed E-state index contributed by atoms with van der Waals surface area (Å²) in [7, 11) is 0.678. The van der Waals surface area contributed by atoms with E-state index in [2.05, 4.69) is 38.9 Å². The van der Waals surface area contributed by atoms with Crippen molar-refractivity contribution < 1.29 is 0 Å². The normalized spacial score (nSPS) is 19.9. The Morgan fingerprint density at radius 1 is 1.21 bits per heavy atom. The molecule has 0 spiro atoms. The summed E-state index contributed by atoms with van der Waals surface area (Å²) < 4.78 is 0. The average Bonchev–Trinajstić information content (AvgIpc) is 3.30. The van der Waals surface area contributed by atoms with E-state index in [9.17, 15) is 0 Å². The van der Waals surface area contributed by atoms with Crippen LogP contribution in [0.5, 0.6) is 0 Å². The Morgan fingerprint density at radius 3 is 2.68 bits per heavy atom. The lowest BCUT2D eigenvalue weighted by molar-refractivity contribution is 0.248. The van der Waals surface area contributed by atoms with Gasteiger partial charge in [-0.1, -0.05) is 12.5 Å². The first-order valence-corrected chi connectivity index (χ1v) is 8.48. The van der Waals surface area contributed by atoms with Crippen LogP contribution in [-0.2, 0) is 0 Å². The molecule has 1 aliphatic heterocycles. The van der Waals surface area contributed by atoms with Gasteiger partial charge in [-0.2, -0.15) is 0 Å². The molecule has 4 heteroatoms. The van der Waals surface area contributed by atoms with Gasteiger partial charge in [-0.3, -0.25) is 9.88 Å². The van der Waals surface area contributed by atoms with Crippen LogP contribution in [-0.4, -0.2) is 51.6 Å². The second-order valence-electron chi connectivity index (χ2n) is 5.19. The number of hydrogen-bond acceptors (Lipinski definition) is 3. The van der Waals surface area contributed by atoms with Crippen molar-refractivity contribution >= 4 is 15.2 Å². The number of aromatic nitrogens is 1. The highest BCUT2D eigenvalue weighted by atomic mass is 28.2. The summed E-state index contributed by atoms with van der Waals surface area (Å²) in [6.45, 7) is 6.71. The fraction of sp³-hybridized carbons (Fsp3) is 0.533. The predicted octanol–water partition coefficient (Wildman–Crippen LogP) is 1.43. The molecular weight excluding hydrogens is 250 g/mol. The fourth-order valence-corrected chi connectivity index (χ4v) is 2.86. The van der Waals surface area contributed by atoms with E-state index in [0.717, 1.165) is 24.7 Å². The number of pyridine rings is 1. The van der Waals surface area contributed by atoms with Crippen LogP contribution in [0.3, 0.4) is 0 Å². The summed E-state index contributed by atoms with van der Waals surface area (Å²) in [6.07, 6.45) is 6.64. The molecule has 0 aromatic carbocycles. The van der Waals surface area contributed by atoms with Crippen molar-refractivity contribution in [1.29, 1.82) is 0 Å². The Balaban J connectivity index is 1.65. The third-order valence-electron chi connectivity index (χ3n) is 3.80. The highest BCUT2D eigenvalue weighted by Gasteiger charge is 2.31. The van der Waals surface area contributed by atoms with Crippen LogP contribution in [0, 0.1) is 11.5 Å². The maximum atomic E-state index is 4.32. The minimum Gasteiger partial charge on any atom is -0.368 e. The molecule has 2 fully saturated rings. The molecule has 0 N–H and O–H groups in total. The van der Waals surface area contributed by atoms with Crippen LogP contribution < -0.4 is 4.90 Å². The van der Waals surface area contributed by atoms with E-state index < -0.39 is 0 Å². The van der Waals surface area contributed by atoms with E-state index in [4.69, 9.17) is 0 Å². The van der Waals surface area contributed by atoms with E-state index in [1.807, 2.05) is 12.4 Å². The number of hydrogen-bond donors (Lipinski definition) is 0. The molecule has 0 amide bonds. The van der Waals surface area contributed by atoms with Crippen LogP contribution in [0.25, 0.3) is 0 Å². The van der Waals surface area contributed by atoms with Crippen molar-refractivity contribution in [3.8, 4) is 11.5 Å². The van der Waals surface area contributed by atoms with E-state index in [0.29, 0.717) is 9.52 Å². The Bertz CT molecular complexity index is 494. The summed E-state index contributed by atoms with van der Waals surface area (Å²) in [5, 5.41) is 0. The smallest absolute Gasteiger partial charge is 0.144 e. The highest BCUT2D eigenvalue weighted by Crippen LogP contribution is 2.28. The zero-order chi connectivity index (χ0) is 13.1. The second-order valence-corrected chi connectivity index (χ2v) is 5.94. The van der Waals surface area contributed by atoms with E-state index in [-0.39, 0.29) is 0 Å². The number of anilines is 1. The van der Waals surface area contributed by atoms with Crippen molar-refractivity contribution in [2.45, 2.75) is 25.4 Å². The van der Waals surface area contributed by atoms with Crippen LogP contribution in [0.2, 0.25) is 6.55 Å². The third-order valence-corrected chi connectivity index (χ3v) is 4.17. The van der Waals surface area contributed by atoms with Crippen LogP contribution >= 0.6 is 0 Å². The van der Waals surface area contributed by atoms with E-state index in [1.165, 1.54) is 31.6 Å². The molecule has 19 heavy (non-hydrogen) atoms. The zero-order valence-corrected chi connectivity index (χ0v) is 12.4. The van der Waals surface area contributed by atoms with Gasteiger partial charge in [0.25, 0.3) is 0 Å². The largest absolute Gasteiger partial charge is 0.368 e. The molecule has 1 saturated carbocycles. The number of rotatable bonds is 2. The summed E-state index contributed by atoms with van der Waals surface area (Å²) in [5.74, 6) is 3.17. The van der Waals surface area contributed by atoms with Gasteiger partial charge >= 0.3 is 0 Å². The van der Waals surface area contributed by atoms with Gasteiger partial charge in [-0.25, -0.2) is 0 Å². The standard InChI is InChI=1S/C15H19N3Si/c1-19-9-4-13-10-15(12-16-11-13)18-7-5-17(6-8-18)14-2-3-14/h10-12,14H,2-3,5-8H2,1H3. The Hall–Kier alpha value is -1.31. The molecule has 2 radical (unpaired) electrons. The molecule has 98 valence electrons. The zero-order valence-electron chi connectivity index (χ0n) is 11.4. The van der Waals surface area contributed by atoms with Gasteiger partial charge in [-0.15, -0.1) is 5.54 Å². The molecule has 1 aromatic heterocycles. The summed E-state index contributed by atoms with van der Waals surface area (Å²) in [5.41, 5.74) is 5.40. The van der Waals surface area contributed by atoms with Gasteiger partial charge in [0, 0.05) is 44.0 Å². The van der Waals surface area contributed by atoms with Gasteiger partial charge in [0.1, 0.15) is 9.52 Å². The van der Waals surface area contributed by atoms with Crippen LogP contribution in [0.1, 0.15) is 18.4 Å². The van der Waals surface area contributed by atoms with Crippen LogP contribution in [0.15, 0.2) is 18.5 Å². The van der Waals surface area contributed by atoms with Gasteiger partial charge < -0.3 is 4.90 Å². The van der Waals surface area contributed by atoms with E-state index in [1.54, 1.807) is 0 Å². The third kappa shape index (κ3) is 3.17. The van der Waals surface area contributed by atoms with Crippen LogP contribution in [0.4, 0.5) is 5.69 Å². The molecule has 1 saturated heterocycles. The van der Waals surface area contributed by atoms with Gasteiger partial charge in [-0.05, 0) is 18.9 Å². The first-order chi connectivity index (χ1) is 9.36. The summed E-state index contributed by atoms with van der Waals surface area (Å²) in [4.78, 5) is 9.39. The summed E-state index contributed by atoms with van der Waals surface area (Å²) in [6, 6.07) is 3.07. The average molecular weight is 269 g/mol. The van der Waals surface area contributed by atoms with Crippen molar-refractivity contribution in [1.82, 2.24) is 9.88 Å². The lowest BCUT2D eigenvalue weighted by Gasteiger charge is -2.36. The second kappa shape index (κ2) is 5.77. The summed E-state index contributed by atoms with van der Waals surface area (Å²) >= 11 is 0. The van der Waals surface area contributed by atoms with Gasteiger partial charge in [0.2, 0.25) is 0 Å². The molecule has 2 heterocycles. The maximum Gasteiger partial charge on any atom is 0.144 e. The van der Waals surface area contributed by atoms with Crippen molar-refractivity contribution in [3.05, 3.63) is 24.0 Å². The van der Waals surface area contributed by atoms with E-state index >= 15 is 0 Å². The Morgan fingerprint density at radius 2 is 2.00 bits per heavy atom. The number of piperazine rings is 1.